The maximum absolute atomic E-state index is 12.3. The van der Waals surface area contributed by atoms with Gasteiger partial charge in [0.05, 0.1) is 17.7 Å². The molecule has 0 saturated carbocycles. The van der Waals surface area contributed by atoms with E-state index < -0.39 is 5.97 Å². The predicted molar refractivity (Wildman–Crippen MR) is 101 cm³/mol. The molecule has 0 unspecified atom stereocenters. The van der Waals surface area contributed by atoms with Crippen LogP contribution in [0.3, 0.4) is 0 Å². The van der Waals surface area contributed by atoms with Crippen LogP contribution in [-0.4, -0.2) is 27.9 Å². The van der Waals surface area contributed by atoms with Crippen LogP contribution < -0.4 is 10.6 Å². The third-order valence-electron chi connectivity index (χ3n) is 3.72. The molecule has 0 aliphatic heterocycles. The molecule has 2 rings (SSSR count). The molecule has 0 atom stereocenters. The van der Waals surface area contributed by atoms with Gasteiger partial charge in [0.15, 0.2) is 5.13 Å². The maximum Gasteiger partial charge on any atom is 0.336 e. The third-order valence-corrected chi connectivity index (χ3v) is 4.53. The first-order valence-corrected chi connectivity index (χ1v) is 8.95. The van der Waals surface area contributed by atoms with Crippen molar-refractivity contribution in [3.05, 3.63) is 39.9 Å². The van der Waals surface area contributed by atoms with Gasteiger partial charge in [-0.3, -0.25) is 9.59 Å². The van der Waals surface area contributed by atoms with E-state index in [1.807, 2.05) is 0 Å². The van der Waals surface area contributed by atoms with Crippen molar-refractivity contribution in [2.75, 3.05) is 10.6 Å². The fourth-order valence-corrected chi connectivity index (χ4v) is 2.98. The minimum absolute atomic E-state index is 0.0315. The fraction of sp³-hybridized carbons (Fsp3) is 0.333. The van der Waals surface area contributed by atoms with Gasteiger partial charge in [0, 0.05) is 17.0 Å². The topological polar surface area (TPSA) is 108 Å². The molecule has 138 valence electrons. The number of thiazole rings is 1. The number of aryl methyl sites for hydroxylation is 2. The number of carbonyl (C=O) groups is 3. The van der Waals surface area contributed by atoms with Crippen LogP contribution >= 0.6 is 11.3 Å². The molecule has 7 nitrogen and oxygen atoms in total. The molecular formula is C18H21N3O4S. The average Bonchev–Trinajstić information content (AvgIpc) is 2.96. The molecule has 3 N–H and O–H groups in total. The molecule has 2 aromatic rings. The van der Waals surface area contributed by atoms with Crippen LogP contribution in [0.5, 0.6) is 0 Å². The Kier molecular flexibility index (Phi) is 6.10. The van der Waals surface area contributed by atoms with E-state index in [1.165, 1.54) is 17.4 Å². The number of hydrogen-bond acceptors (Lipinski definition) is 5. The number of hydrogen-bond donors (Lipinski definition) is 3. The summed E-state index contributed by atoms with van der Waals surface area (Å²) < 4.78 is 0. The van der Waals surface area contributed by atoms with E-state index in [-0.39, 0.29) is 29.7 Å². The van der Waals surface area contributed by atoms with Crippen LogP contribution in [0.25, 0.3) is 0 Å². The van der Waals surface area contributed by atoms with E-state index in [0.29, 0.717) is 22.1 Å². The lowest BCUT2D eigenvalue weighted by Crippen LogP contribution is -2.18. The number of nitrogens with one attached hydrogen (secondary N) is 2. The molecule has 2 amide bonds. The molecule has 0 bridgehead atoms. The van der Waals surface area contributed by atoms with Gasteiger partial charge in [-0.25, -0.2) is 9.78 Å². The van der Waals surface area contributed by atoms with Crippen LogP contribution in [-0.2, 0) is 16.0 Å². The molecular weight excluding hydrogens is 354 g/mol. The van der Waals surface area contributed by atoms with E-state index in [0.717, 1.165) is 5.56 Å². The summed E-state index contributed by atoms with van der Waals surface area (Å²) in [6.45, 7) is 7.08. The Bertz CT molecular complexity index is 858. The van der Waals surface area contributed by atoms with Gasteiger partial charge in [-0.15, -0.1) is 11.3 Å². The van der Waals surface area contributed by atoms with Gasteiger partial charge in [-0.05, 0) is 31.0 Å². The van der Waals surface area contributed by atoms with Crippen LogP contribution in [0.15, 0.2) is 17.5 Å². The Balaban J connectivity index is 2.06. The first kappa shape index (κ1) is 19.6. The van der Waals surface area contributed by atoms with Crippen molar-refractivity contribution in [3.8, 4) is 0 Å². The van der Waals surface area contributed by atoms with Crippen molar-refractivity contribution < 1.29 is 19.5 Å². The van der Waals surface area contributed by atoms with Gasteiger partial charge in [-0.2, -0.15) is 0 Å². The van der Waals surface area contributed by atoms with Crippen LogP contribution in [0.4, 0.5) is 10.8 Å². The zero-order valence-electron chi connectivity index (χ0n) is 15.0. The zero-order chi connectivity index (χ0) is 19.4. The first-order chi connectivity index (χ1) is 12.2. The number of rotatable bonds is 6. The standard InChI is InChI=1S/C18H21N3O4S/c1-9(2)16(23)21-18-19-12(8-26-18)6-15(22)20-14-7-13(17(24)25)10(3)5-11(14)4/h5,7-9H,6H2,1-4H3,(H,20,22)(H,24,25)(H,19,21,23). The summed E-state index contributed by atoms with van der Waals surface area (Å²) >= 11 is 1.25. The lowest BCUT2D eigenvalue weighted by molar-refractivity contribution is -0.119. The molecule has 26 heavy (non-hydrogen) atoms. The lowest BCUT2D eigenvalue weighted by Gasteiger charge is -2.11. The monoisotopic (exact) mass is 375 g/mol. The van der Waals surface area contributed by atoms with E-state index >= 15 is 0 Å². The third kappa shape index (κ3) is 4.89. The molecule has 0 fully saturated rings. The number of carbonyl (C=O) groups excluding carboxylic acids is 2. The Morgan fingerprint density at radius 1 is 1.15 bits per heavy atom. The van der Waals surface area contributed by atoms with Crippen molar-refractivity contribution in [2.24, 2.45) is 5.92 Å². The highest BCUT2D eigenvalue weighted by Gasteiger charge is 2.15. The number of aromatic carboxylic acids is 1. The molecule has 0 saturated heterocycles. The van der Waals surface area contributed by atoms with E-state index in [9.17, 15) is 19.5 Å². The number of anilines is 2. The quantitative estimate of drug-likeness (QED) is 0.718. The van der Waals surface area contributed by atoms with Gasteiger partial charge >= 0.3 is 5.97 Å². The number of carboxylic acid groups (broad SMARTS) is 1. The van der Waals surface area contributed by atoms with E-state index in [4.69, 9.17) is 0 Å². The van der Waals surface area contributed by atoms with Gasteiger partial charge in [0.25, 0.3) is 0 Å². The number of amides is 2. The number of carboxylic acids is 1. The predicted octanol–water partition coefficient (Wildman–Crippen LogP) is 3.23. The first-order valence-electron chi connectivity index (χ1n) is 8.07. The van der Waals surface area contributed by atoms with E-state index in [1.54, 1.807) is 39.1 Å². The minimum atomic E-state index is -1.04. The Labute approximate surface area is 155 Å². The highest BCUT2D eigenvalue weighted by molar-refractivity contribution is 7.13. The second-order valence-corrected chi connectivity index (χ2v) is 7.16. The fourth-order valence-electron chi connectivity index (χ4n) is 2.27. The summed E-state index contributed by atoms with van der Waals surface area (Å²) in [5, 5.41) is 16.8. The molecule has 0 spiro atoms. The summed E-state index contributed by atoms with van der Waals surface area (Å²) in [6, 6.07) is 3.18. The largest absolute Gasteiger partial charge is 0.478 e. The molecule has 1 heterocycles. The molecule has 8 heteroatoms. The molecule has 0 aliphatic carbocycles. The summed E-state index contributed by atoms with van der Waals surface area (Å²) in [6.07, 6.45) is 0.0315. The average molecular weight is 375 g/mol. The minimum Gasteiger partial charge on any atom is -0.478 e. The maximum atomic E-state index is 12.3. The molecule has 1 aromatic carbocycles. The Morgan fingerprint density at radius 2 is 1.85 bits per heavy atom. The summed E-state index contributed by atoms with van der Waals surface area (Å²) in [7, 11) is 0. The molecule has 0 aliphatic rings. The number of aromatic nitrogens is 1. The van der Waals surface area contributed by atoms with Gasteiger partial charge in [-0.1, -0.05) is 19.9 Å². The number of nitrogens with zero attached hydrogens (tertiary/aromatic N) is 1. The van der Waals surface area contributed by atoms with Crippen molar-refractivity contribution in [3.63, 3.8) is 0 Å². The van der Waals surface area contributed by atoms with Crippen LogP contribution in [0.2, 0.25) is 0 Å². The van der Waals surface area contributed by atoms with Crippen molar-refractivity contribution in [2.45, 2.75) is 34.1 Å². The molecule has 0 radical (unpaired) electrons. The highest BCUT2D eigenvalue weighted by Crippen LogP contribution is 2.22. The van der Waals surface area contributed by atoms with Crippen LogP contribution in [0.1, 0.15) is 41.0 Å². The van der Waals surface area contributed by atoms with Crippen molar-refractivity contribution >= 4 is 39.9 Å². The van der Waals surface area contributed by atoms with Gasteiger partial charge < -0.3 is 15.7 Å². The summed E-state index contributed by atoms with van der Waals surface area (Å²) in [5.74, 6) is -1.63. The Hall–Kier alpha value is -2.74. The van der Waals surface area contributed by atoms with Crippen LogP contribution in [0, 0.1) is 19.8 Å². The number of benzene rings is 1. The summed E-state index contributed by atoms with van der Waals surface area (Å²) in [5.41, 5.74) is 2.57. The second-order valence-electron chi connectivity index (χ2n) is 6.30. The lowest BCUT2D eigenvalue weighted by atomic mass is 10.0. The zero-order valence-corrected chi connectivity index (χ0v) is 15.9. The summed E-state index contributed by atoms with van der Waals surface area (Å²) in [4.78, 5) is 39.4. The van der Waals surface area contributed by atoms with Crippen molar-refractivity contribution in [1.29, 1.82) is 0 Å². The van der Waals surface area contributed by atoms with E-state index in [2.05, 4.69) is 15.6 Å². The smallest absolute Gasteiger partial charge is 0.336 e. The van der Waals surface area contributed by atoms with Gasteiger partial charge in [0.2, 0.25) is 11.8 Å². The normalized spacial score (nSPS) is 10.7. The highest BCUT2D eigenvalue weighted by atomic mass is 32.1. The SMILES string of the molecule is Cc1cc(C)c(C(=O)O)cc1NC(=O)Cc1csc(NC(=O)C(C)C)n1. The Morgan fingerprint density at radius 3 is 2.46 bits per heavy atom. The van der Waals surface area contributed by atoms with Crippen molar-refractivity contribution in [1.82, 2.24) is 4.98 Å². The molecule has 1 aromatic heterocycles. The van der Waals surface area contributed by atoms with Gasteiger partial charge in [0.1, 0.15) is 0 Å². The second kappa shape index (κ2) is 8.09.